The van der Waals surface area contributed by atoms with Crippen molar-refractivity contribution in [3.63, 3.8) is 0 Å². The van der Waals surface area contributed by atoms with E-state index in [0.717, 1.165) is 21.8 Å². The molecule has 2 aliphatic rings. The maximum Gasteiger partial charge on any atom is 0.355 e. The standard InChI is InChI=1S/C36H33N3O7S2/c1-4-44-26-16-12-24(13-17-26)29-18-30(46-38-29)22(2)28-20-48-35-32(37-31(40)21-47-27-8-6-5-7-9-27)34(41)39(35)33(28)36(42)45-19-23-10-14-25(43-3)15-11-23/h5-18,32,35H,2,4,19-21H2,1,3H3,(H,37,40)/t32-,35-/m1/s1. The summed E-state index contributed by atoms with van der Waals surface area (Å²) in [6, 6.07) is 25.1. The highest BCUT2D eigenvalue weighted by atomic mass is 32.2. The van der Waals surface area contributed by atoms with Crippen LogP contribution in [0.5, 0.6) is 11.5 Å². The molecule has 48 heavy (non-hydrogen) atoms. The molecule has 1 aromatic heterocycles. The molecular formula is C36H33N3O7S2. The topological polar surface area (TPSA) is 120 Å². The van der Waals surface area contributed by atoms with Crippen molar-refractivity contribution in [3.05, 3.63) is 114 Å². The first-order chi connectivity index (χ1) is 23.4. The van der Waals surface area contributed by atoms with Crippen molar-refractivity contribution < 1.29 is 33.1 Å². The number of carbonyl (C=O) groups excluding carboxylic acids is 3. The summed E-state index contributed by atoms with van der Waals surface area (Å²) in [6.45, 7) is 6.70. The quantitative estimate of drug-likeness (QED) is 0.103. The van der Waals surface area contributed by atoms with Gasteiger partial charge in [0.2, 0.25) is 5.91 Å². The van der Waals surface area contributed by atoms with Gasteiger partial charge in [-0.05, 0) is 61.0 Å². The fourth-order valence-corrected chi connectivity index (χ4v) is 7.36. The van der Waals surface area contributed by atoms with Gasteiger partial charge in [0.05, 0.1) is 19.5 Å². The lowest BCUT2D eigenvalue weighted by Gasteiger charge is -2.49. The number of nitrogens with one attached hydrogen (secondary N) is 1. The summed E-state index contributed by atoms with van der Waals surface area (Å²) in [5.74, 6) is 0.895. The Morgan fingerprint density at radius 2 is 1.79 bits per heavy atom. The molecule has 10 nitrogen and oxygen atoms in total. The molecule has 1 fully saturated rings. The van der Waals surface area contributed by atoms with Gasteiger partial charge in [-0.1, -0.05) is 42.1 Å². The van der Waals surface area contributed by atoms with Crippen LogP contribution in [-0.2, 0) is 25.7 Å². The van der Waals surface area contributed by atoms with Crippen LogP contribution in [-0.4, -0.2) is 64.5 Å². The lowest BCUT2D eigenvalue weighted by molar-refractivity contribution is -0.153. The predicted molar refractivity (Wildman–Crippen MR) is 184 cm³/mol. The summed E-state index contributed by atoms with van der Waals surface area (Å²) < 4.78 is 22.2. The number of esters is 1. The van der Waals surface area contributed by atoms with Crippen molar-refractivity contribution in [2.24, 2.45) is 0 Å². The molecule has 2 aliphatic heterocycles. The van der Waals surface area contributed by atoms with Gasteiger partial charge < -0.3 is 24.1 Å². The Hall–Kier alpha value is -4.94. The van der Waals surface area contributed by atoms with Gasteiger partial charge in [0.15, 0.2) is 5.76 Å². The molecular weight excluding hydrogens is 651 g/mol. The zero-order valence-corrected chi connectivity index (χ0v) is 28.0. The second-order valence-corrected chi connectivity index (χ2v) is 13.0. The summed E-state index contributed by atoms with van der Waals surface area (Å²) in [5.41, 5.74) is 3.11. The first-order valence-electron chi connectivity index (χ1n) is 15.2. The van der Waals surface area contributed by atoms with E-state index in [4.69, 9.17) is 18.7 Å². The van der Waals surface area contributed by atoms with Crippen LogP contribution in [0.25, 0.3) is 16.8 Å². The summed E-state index contributed by atoms with van der Waals surface area (Å²) >= 11 is 2.81. The average molecular weight is 684 g/mol. The van der Waals surface area contributed by atoms with Gasteiger partial charge in [-0.3, -0.25) is 14.5 Å². The van der Waals surface area contributed by atoms with Crippen LogP contribution in [0.15, 0.2) is 112 Å². The number of benzene rings is 3. The highest BCUT2D eigenvalue weighted by molar-refractivity contribution is 8.00. The van der Waals surface area contributed by atoms with Crippen molar-refractivity contribution in [1.82, 2.24) is 15.4 Å². The molecule has 1 saturated heterocycles. The smallest absolute Gasteiger partial charge is 0.355 e. The average Bonchev–Trinajstić information content (AvgIpc) is 3.62. The lowest BCUT2D eigenvalue weighted by atomic mass is 9.98. The maximum atomic E-state index is 13.8. The monoisotopic (exact) mass is 683 g/mol. The first kappa shape index (κ1) is 33.0. The summed E-state index contributed by atoms with van der Waals surface area (Å²) in [6.07, 6.45) is 0. The summed E-state index contributed by atoms with van der Waals surface area (Å²) in [5, 5.41) is 6.59. The summed E-state index contributed by atoms with van der Waals surface area (Å²) in [7, 11) is 1.57. The van der Waals surface area contributed by atoms with Gasteiger partial charge in [0.25, 0.3) is 5.91 Å². The summed E-state index contributed by atoms with van der Waals surface area (Å²) in [4.78, 5) is 42.5. The number of hydrogen-bond acceptors (Lipinski definition) is 10. The fraction of sp³-hybridized carbons (Fsp3) is 0.222. The maximum absolute atomic E-state index is 13.8. The third kappa shape index (κ3) is 7.14. The number of carbonyl (C=O) groups is 3. The highest BCUT2D eigenvalue weighted by Gasteiger charge is 2.54. The molecule has 6 rings (SSSR count). The number of β-lactam (4-membered cyclic amide) rings is 1. The molecule has 2 atom stereocenters. The molecule has 12 heteroatoms. The van der Waals surface area contributed by atoms with Crippen LogP contribution in [0, 0.1) is 0 Å². The van der Waals surface area contributed by atoms with Crippen LogP contribution in [0.1, 0.15) is 18.2 Å². The molecule has 0 unspecified atom stereocenters. The number of ether oxygens (including phenoxy) is 3. The third-order valence-corrected chi connectivity index (χ3v) is 10.0. The molecule has 0 spiro atoms. The van der Waals surface area contributed by atoms with Gasteiger partial charge in [0, 0.05) is 33.4 Å². The number of thioether (sulfide) groups is 2. The second-order valence-electron chi connectivity index (χ2n) is 10.8. The van der Waals surface area contributed by atoms with Gasteiger partial charge >= 0.3 is 5.97 Å². The molecule has 3 aromatic carbocycles. The molecule has 0 bridgehead atoms. The number of amides is 2. The molecule has 0 radical (unpaired) electrons. The van der Waals surface area contributed by atoms with Gasteiger partial charge in [-0.15, -0.1) is 23.5 Å². The van der Waals surface area contributed by atoms with Crippen LogP contribution in [0.2, 0.25) is 0 Å². The Bertz CT molecular complexity index is 1840. The van der Waals surface area contributed by atoms with E-state index in [2.05, 4.69) is 17.1 Å². The van der Waals surface area contributed by atoms with Crippen molar-refractivity contribution in [1.29, 1.82) is 0 Å². The molecule has 246 valence electrons. The minimum atomic E-state index is -0.783. The predicted octanol–water partition coefficient (Wildman–Crippen LogP) is 5.95. The Morgan fingerprint density at radius 3 is 2.50 bits per heavy atom. The van der Waals surface area contributed by atoms with Crippen LogP contribution >= 0.6 is 23.5 Å². The van der Waals surface area contributed by atoms with E-state index in [9.17, 15) is 14.4 Å². The molecule has 1 N–H and O–H groups in total. The molecule has 4 aromatic rings. The van der Waals surface area contributed by atoms with Crippen molar-refractivity contribution in [3.8, 4) is 22.8 Å². The van der Waals surface area contributed by atoms with Crippen LogP contribution in [0.4, 0.5) is 0 Å². The van der Waals surface area contributed by atoms with E-state index in [-0.39, 0.29) is 24.0 Å². The van der Waals surface area contributed by atoms with Gasteiger partial charge in [0.1, 0.15) is 40.9 Å². The zero-order chi connectivity index (χ0) is 33.6. The molecule has 3 heterocycles. The highest BCUT2D eigenvalue weighted by Crippen LogP contribution is 2.44. The number of fused-ring (bicyclic) bond motifs is 1. The Balaban J connectivity index is 1.22. The third-order valence-electron chi connectivity index (χ3n) is 7.75. The van der Waals surface area contributed by atoms with E-state index >= 15 is 0 Å². The van der Waals surface area contributed by atoms with E-state index in [0.29, 0.717) is 40.7 Å². The Labute approximate surface area is 286 Å². The lowest BCUT2D eigenvalue weighted by Crippen LogP contribution is -2.70. The molecule has 0 aliphatic carbocycles. The number of hydrogen-bond donors (Lipinski definition) is 1. The Kier molecular flexibility index (Phi) is 10.2. The molecule has 0 saturated carbocycles. The minimum absolute atomic E-state index is 0.0208. The van der Waals surface area contributed by atoms with Crippen molar-refractivity contribution in [2.45, 2.75) is 29.8 Å². The van der Waals surface area contributed by atoms with Gasteiger partial charge in [-0.2, -0.15) is 0 Å². The largest absolute Gasteiger partial charge is 0.497 e. The number of aromatic nitrogens is 1. The van der Waals surface area contributed by atoms with E-state index in [1.54, 1.807) is 37.4 Å². The van der Waals surface area contributed by atoms with Crippen molar-refractivity contribution in [2.75, 3.05) is 25.2 Å². The van der Waals surface area contributed by atoms with Crippen molar-refractivity contribution >= 4 is 46.9 Å². The molecule has 2 amide bonds. The second kappa shape index (κ2) is 14.9. The van der Waals surface area contributed by atoms with E-state index in [1.165, 1.54) is 28.4 Å². The minimum Gasteiger partial charge on any atom is -0.497 e. The van der Waals surface area contributed by atoms with Crippen LogP contribution < -0.4 is 14.8 Å². The van der Waals surface area contributed by atoms with E-state index < -0.39 is 23.3 Å². The van der Waals surface area contributed by atoms with Crippen LogP contribution in [0.3, 0.4) is 0 Å². The van der Waals surface area contributed by atoms with Gasteiger partial charge in [-0.25, -0.2) is 4.79 Å². The SMILES string of the molecule is C=C(C1=C(C(=O)OCc2ccc(OC)cc2)N2C(=O)[C@@H](NC(=O)CSc3ccccc3)[C@H]2SC1)c1cc(-c2ccc(OCC)cc2)no1. The first-order valence-corrected chi connectivity index (χ1v) is 17.2. The van der Waals surface area contributed by atoms with E-state index in [1.807, 2.05) is 61.5 Å². The number of rotatable bonds is 13. The number of nitrogens with zero attached hydrogens (tertiary/aromatic N) is 2. The Morgan fingerprint density at radius 1 is 1.06 bits per heavy atom. The number of methoxy groups -OCH3 is 1. The number of allylic oxidation sites excluding steroid dienone is 1. The fourth-order valence-electron chi connectivity index (χ4n) is 5.25. The normalized spacial score (nSPS) is 16.9. The zero-order valence-electron chi connectivity index (χ0n) is 26.3.